The lowest BCUT2D eigenvalue weighted by Gasteiger charge is -2.06. The van der Waals surface area contributed by atoms with Gasteiger partial charge in [0.2, 0.25) is 0 Å². The summed E-state index contributed by atoms with van der Waals surface area (Å²) in [6.45, 7) is 0.605. The largest absolute Gasteiger partial charge is 0.493 e. The molecule has 2 aromatic rings. The Morgan fingerprint density at radius 3 is 2.95 bits per heavy atom. The van der Waals surface area contributed by atoms with Crippen molar-refractivity contribution in [1.29, 1.82) is 0 Å². The first-order valence-electron chi connectivity index (χ1n) is 5.94. The number of esters is 1. The summed E-state index contributed by atoms with van der Waals surface area (Å²) in [6.07, 6.45) is 0. The van der Waals surface area contributed by atoms with E-state index in [1.807, 2.05) is 12.1 Å². The Morgan fingerprint density at radius 2 is 2.20 bits per heavy atom. The van der Waals surface area contributed by atoms with Crippen molar-refractivity contribution in [1.82, 2.24) is 0 Å². The molecule has 0 fully saturated rings. The molecule has 1 heterocycles. The average molecular weight is 326 g/mol. The van der Waals surface area contributed by atoms with Crippen LogP contribution < -0.4 is 4.74 Å². The van der Waals surface area contributed by atoms with Crippen LogP contribution in [0.1, 0.15) is 10.4 Å². The number of thiophene rings is 1. The summed E-state index contributed by atoms with van der Waals surface area (Å²) in [5.74, 6) is 1.22. The van der Waals surface area contributed by atoms with Crippen LogP contribution in [-0.2, 0) is 4.74 Å². The van der Waals surface area contributed by atoms with Crippen molar-refractivity contribution in [3.05, 3.63) is 47.3 Å². The van der Waals surface area contributed by atoms with Crippen LogP contribution in [0.5, 0.6) is 5.75 Å². The maximum absolute atomic E-state index is 11.4. The predicted molar refractivity (Wildman–Crippen MR) is 85.9 cm³/mol. The molecule has 0 atom stereocenters. The molecule has 0 spiro atoms. The molecule has 2 rings (SSSR count). The fraction of sp³-hybridized carbons (Fsp3) is 0.214. The number of methoxy groups -OCH3 is 1. The fourth-order valence-corrected chi connectivity index (χ4v) is 4.45. The van der Waals surface area contributed by atoms with Crippen LogP contribution in [0.3, 0.4) is 0 Å². The minimum Gasteiger partial charge on any atom is -0.493 e. The van der Waals surface area contributed by atoms with E-state index in [-0.39, 0.29) is 5.97 Å². The second-order valence-corrected chi connectivity index (χ2v) is 7.37. The number of hydrogen-bond acceptors (Lipinski definition) is 6. The molecular formula is C14H14O3S3. The molecular weight excluding hydrogens is 312 g/mol. The zero-order valence-corrected chi connectivity index (χ0v) is 13.4. The van der Waals surface area contributed by atoms with E-state index in [1.54, 1.807) is 51.1 Å². The van der Waals surface area contributed by atoms with Gasteiger partial charge >= 0.3 is 5.97 Å². The Morgan fingerprint density at radius 1 is 1.30 bits per heavy atom. The van der Waals surface area contributed by atoms with Crippen LogP contribution >= 0.6 is 32.9 Å². The van der Waals surface area contributed by atoms with Gasteiger partial charge in [-0.15, -0.1) is 11.3 Å². The van der Waals surface area contributed by atoms with Crippen molar-refractivity contribution in [2.24, 2.45) is 0 Å². The molecule has 0 radical (unpaired) electrons. The molecule has 0 aliphatic carbocycles. The minimum absolute atomic E-state index is 0.349. The van der Waals surface area contributed by atoms with E-state index in [1.165, 1.54) is 11.3 Å². The van der Waals surface area contributed by atoms with Crippen molar-refractivity contribution in [3.63, 3.8) is 0 Å². The molecule has 106 valence electrons. The van der Waals surface area contributed by atoms with Crippen LogP contribution in [0.2, 0.25) is 0 Å². The first kappa shape index (κ1) is 15.3. The highest BCUT2D eigenvalue weighted by Gasteiger charge is 2.06. The van der Waals surface area contributed by atoms with Crippen molar-refractivity contribution < 1.29 is 14.3 Å². The molecule has 0 unspecified atom stereocenters. The molecule has 0 aliphatic heterocycles. The summed E-state index contributed by atoms with van der Waals surface area (Å²) < 4.78 is 11.6. The minimum atomic E-state index is -0.349. The van der Waals surface area contributed by atoms with E-state index >= 15 is 0 Å². The fourth-order valence-electron chi connectivity index (χ4n) is 1.43. The third-order valence-corrected chi connectivity index (χ3v) is 5.99. The van der Waals surface area contributed by atoms with Gasteiger partial charge in [0, 0.05) is 5.75 Å². The van der Waals surface area contributed by atoms with Gasteiger partial charge in [0.25, 0.3) is 0 Å². The summed E-state index contributed by atoms with van der Waals surface area (Å²) in [5, 5.41) is 2.07. The number of hydrogen-bond donors (Lipinski definition) is 0. The maximum atomic E-state index is 11.4. The van der Waals surface area contributed by atoms with Gasteiger partial charge in [0.15, 0.2) is 0 Å². The topological polar surface area (TPSA) is 35.5 Å². The maximum Gasteiger partial charge on any atom is 0.337 e. The van der Waals surface area contributed by atoms with Crippen molar-refractivity contribution in [2.45, 2.75) is 4.21 Å². The van der Waals surface area contributed by atoms with Crippen LogP contribution in [-0.4, -0.2) is 25.4 Å². The van der Waals surface area contributed by atoms with Gasteiger partial charge in [-0.2, -0.15) is 0 Å². The Labute approximate surface area is 130 Å². The molecule has 0 saturated heterocycles. The summed E-state index contributed by atoms with van der Waals surface area (Å²) >= 11 is 1.73. The standard InChI is InChI=1S/C14H14O3S3/c1-16-14(15)11-4-2-5-12(10-11)17-7-9-19-20-13-6-3-8-18-13/h2-6,8,10H,7,9H2,1H3. The van der Waals surface area contributed by atoms with Gasteiger partial charge in [-0.3, -0.25) is 0 Å². The van der Waals surface area contributed by atoms with Crippen molar-refractivity contribution >= 4 is 38.9 Å². The molecule has 0 saturated carbocycles. The monoisotopic (exact) mass is 326 g/mol. The highest BCUT2D eigenvalue weighted by atomic mass is 33.1. The molecule has 1 aromatic carbocycles. The summed E-state index contributed by atoms with van der Waals surface area (Å²) in [4.78, 5) is 11.4. The van der Waals surface area contributed by atoms with Crippen molar-refractivity contribution in [3.8, 4) is 5.75 Å². The predicted octanol–water partition coefficient (Wildman–Crippen LogP) is 4.35. The number of carbonyl (C=O) groups excluding carboxylic acids is 1. The van der Waals surface area contributed by atoms with E-state index in [0.717, 1.165) is 5.75 Å². The smallest absolute Gasteiger partial charge is 0.337 e. The Kier molecular flexibility index (Phi) is 6.29. The van der Waals surface area contributed by atoms with Gasteiger partial charge in [-0.05, 0) is 40.4 Å². The van der Waals surface area contributed by atoms with Crippen LogP contribution in [0.25, 0.3) is 0 Å². The normalized spacial score (nSPS) is 10.2. The molecule has 1 aromatic heterocycles. The lowest BCUT2D eigenvalue weighted by atomic mass is 10.2. The van der Waals surface area contributed by atoms with E-state index in [2.05, 4.69) is 16.2 Å². The SMILES string of the molecule is COC(=O)c1cccc(OCCSSc2cccs2)c1. The lowest BCUT2D eigenvalue weighted by Crippen LogP contribution is -2.03. The molecule has 0 N–H and O–H groups in total. The second-order valence-electron chi connectivity index (χ2n) is 3.71. The third kappa shape index (κ3) is 4.77. The molecule has 0 amide bonds. The second kappa shape index (κ2) is 8.24. The number of benzene rings is 1. The Bertz CT molecular complexity index is 540. The number of carbonyl (C=O) groups is 1. The highest BCUT2D eigenvalue weighted by molar-refractivity contribution is 8.77. The lowest BCUT2D eigenvalue weighted by molar-refractivity contribution is 0.0600. The summed E-state index contributed by atoms with van der Waals surface area (Å²) in [5.41, 5.74) is 0.505. The number of rotatable bonds is 7. The van der Waals surface area contributed by atoms with Gasteiger partial charge in [-0.25, -0.2) is 4.79 Å². The van der Waals surface area contributed by atoms with Crippen molar-refractivity contribution in [2.75, 3.05) is 19.5 Å². The molecule has 3 nitrogen and oxygen atoms in total. The van der Waals surface area contributed by atoms with E-state index in [9.17, 15) is 4.79 Å². The van der Waals surface area contributed by atoms with Gasteiger partial charge < -0.3 is 9.47 Å². The van der Waals surface area contributed by atoms with Crippen LogP contribution in [0.15, 0.2) is 46.0 Å². The van der Waals surface area contributed by atoms with Gasteiger partial charge in [0.05, 0.1) is 23.5 Å². The highest BCUT2D eigenvalue weighted by Crippen LogP contribution is 2.33. The summed E-state index contributed by atoms with van der Waals surface area (Å²) in [6, 6.07) is 11.2. The van der Waals surface area contributed by atoms with E-state index < -0.39 is 0 Å². The van der Waals surface area contributed by atoms with Crippen LogP contribution in [0, 0.1) is 0 Å². The Balaban J connectivity index is 1.72. The molecule has 20 heavy (non-hydrogen) atoms. The zero-order valence-electron chi connectivity index (χ0n) is 10.9. The van der Waals surface area contributed by atoms with Gasteiger partial charge in [0.1, 0.15) is 5.75 Å². The van der Waals surface area contributed by atoms with E-state index in [4.69, 9.17) is 4.74 Å². The first-order chi connectivity index (χ1) is 9.79. The zero-order chi connectivity index (χ0) is 14.2. The summed E-state index contributed by atoms with van der Waals surface area (Å²) in [7, 11) is 4.88. The third-order valence-electron chi connectivity index (χ3n) is 2.33. The van der Waals surface area contributed by atoms with Gasteiger partial charge in [-0.1, -0.05) is 22.9 Å². The average Bonchev–Trinajstić information content (AvgIpc) is 2.99. The quantitative estimate of drug-likeness (QED) is 0.429. The molecule has 6 heteroatoms. The first-order valence-corrected chi connectivity index (χ1v) is 9.13. The number of ether oxygens (including phenoxy) is 2. The Hall–Kier alpha value is -1.11. The van der Waals surface area contributed by atoms with E-state index in [0.29, 0.717) is 17.9 Å². The molecule has 0 aliphatic rings. The molecule has 0 bridgehead atoms. The van der Waals surface area contributed by atoms with Crippen LogP contribution in [0.4, 0.5) is 0 Å².